The summed E-state index contributed by atoms with van der Waals surface area (Å²) in [5.41, 5.74) is 0.483. The van der Waals surface area contributed by atoms with Crippen LogP contribution in [0, 0.1) is 5.92 Å². The van der Waals surface area contributed by atoms with Crippen LogP contribution >= 0.6 is 38.9 Å². The van der Waals surface area contributed by atoms with Crippen LogP contribution in [-0.4, -0.2) is 34.8 Å². The minimum absolute atomic E-state index is 0.0301. The van der Waals surface area contributed by atoms with Crippen molar-refractivity contribution in [3.8, 4) is 0 Å². The van der Waals surface area contributed by atoms with Gasteiger partial charge in [0.2, 0.25) is 5.91 Å². The highest BCUT2D eigenvalue weighted by atomic mass is 79.9. The lowest BCUT2D eigenvalue weighted by Gasteiger charge is -2.31. The number of rotatable bonds is 3. The van der Waals surface area contributed by atoms with Gasteiger partial charge in [0, 0.05) is 35.1 Å². The summed E-state index contributed by atoms with van der Waals surface area (Å²) in [6.07, 6.45) is 2.92. The minimum atomic E-state index is -0.101. The fourth-order valence-corrected chi connectivity index (χ4v) is 3.76. The molecule has 0 aliphatic carbocycles. The molecule has 1 aromatic carbocycles. The molecule has 0 atom stereocenters. The maximum Gasteiger partial charge on any atom is 0.255 e. The largest absolute Gasteiger partial charge is 0.339 e. The Balaban J connectivity index is 1.59. The normalized spacial score (nSPS) is 15.3. The van der Waals surface area contributed by atoms with E-state index < -0.39 is 0 Å². The number of carbonyl (C=O) groups is 2. The molecule has 2 amide bonds. The molecule has 8 heteroatoms. The van der Waals surface area contributed by atoms with Crippen LogP contribution < -0.4 is 5.32 Å². The number of hydrogen-bond acceptors (Lipinski definition) is 4. The molecule has 1 saturated heterocycles. The highest BCUT2D eigenvalue weighted by Crippen LogP contribution is 2.26. The van der Waals surface area contributed by atoms with Crippen molar-refractivity contribution in [1.82, 2.24) is 9.88 Å². The van der Waals surface area contributed by atoms with E-state index in [0.717, 1.165) is 4.47 Å². The van der Waals surface area contributed by atoms with Crippen molar-refractivity contribution in [3.05, 3.63) is 44.8 Å². The molecule has 0 spiro atoms. The maximum absolute atomic E-state index is 12.6. The molecule has 126 valence electrons. The number of aromatic nitrogens is 1. The summed E-state index contributed by atoms with van der Waals surface area (Å²) < 4.78 is 0.813. The number of amides is 2. The van der Waals surface area contributed by atoms with Crippen LogP contribution in [0.3, 0.4) is 0 Å². The summed E-state index contributed by atoms with van der Waals surface area (Å²) in [5, 5.41) is 5.69. The Hall–Kier alpha value is -1.44. The monoisotopic (exact) mass is 427 g/mol. The predicted molar refractivity (Wildman–Crippen MR) is 98.5 cm³/mol. The molecule has 0 radical (unpaired) electrons. The molecule has 0 saturated carbocycles. The van der Waals surface area contributed by atoms with Gasteiger partial charge < -0.3 is 10.2 Å². The van der Waals surface area contributed by atoms with E-state index in [1.165, 1.54) is 11.3 Å². The number of piperidine rings is 1. The van der Waals surface area contributed by atoms with Crippen LogP contribution in [-0.2, 0) is 4.79 Å². The van der Waals surface area contributed by atoms with Crippen LogP contribution in [0.25, 0.3) is 0 Å². The molecule has 2 heterocycles. The third-order valence-corrected chi connectivity index (χ3v) is 5.49. The second-order valence-corrected chi connectivity index (χ2v) is 7.73. The summed E-state index contributed by atoms with van der Waals surface area (Å²) in [6.45, 7) is 1.08. The number of benzene rings is 1. The predicted octanol–water partition coefficient (Wildman–Crippen LogP) is 4.05. The summed E-state index contributed by atoms with van der Waals surface area (Å²) in [7, 11) is 0. The lowest BCUT2D eigenvalue weighted by Crippen LogP contribution is -2.41. The number of halogens is 2. The lowest BCUT2D eigenvalue weighted by molar-refractivity contribution is -0.121. The molecule has 3 rings (SSSR count). The summed E-state index contributed by atoms with van der Waals surface area (Å²) in [6, 6.07) is 5.23. The summed E-state index contributed by atoms with van der Waals surface area (Å²) in [4.78, 5) is 30.7. The van der Waals surface area contributed by atoms with Gasteiger partial charge in [0.15, 0.2) is 5.13 Å². The second kappa shape index (κ2) is 7.63. The Kier molecular flexibility index (Phi) is 5.53. The first-order valence-electron chi connectivity index (χ1n) is 7.49. The molecule has 1 N–H and O–H groups in total. The highest BCUT2D eigenvalue weighted by molar-refractivity contribution is 9.10. The van der Waals surface area contributed by atoms with Gasteiger partial charge in [-0.05, 0) is 31.0 Å². The van der Waals surface area contributed by atoms with E-state index >= 15 is 0 Å². The number of likely N-dealkylation sites (tertiary alicyclic amines) is 1. The molecule has 5 nitrogen and oxygen atoms in total. The quantitative estimate of drug-likeness (QED) is 0.802. The Morgan fingerprint density at radius 2 is 2.08 bits per heavy atom. The van der Waals surface area contributed by atoms with E-state index in [1.54, 1.807) is 29.3 Å². The molecule has 1 aliphatic heterocycles. The molecule has 1 aliphatic rings. The van der Waals surface area contributed by atoms with Gasteiger partial charge in [-0.2, -0.15) is 0 Å². The first kappa shape index (κ1) is 17.4. The minimum Gasteiger partial charge on any atom is -0.339 e. The summed E-state index contributed by atoms with van der Waals surface area (Å²) >= 11 is 10.9. The fourth-order valence-electron chi connectivity index (χ4n) is 2.67. The Bertz CT molecular complexity index is 746. The van der Waals surface area contributed by atoms with Crippen LogP contribution in [0.1, 0.15) is 23.2 Å². The van der Waals surface area contributed by atoms with Crippen LogP contribution in [0.15, 0.2) is 34.2 Å². The molecular formula is C16H15BrClN3O2S. The third kappa shape index (κ3) is 3.96. The van der Waals surface area contributed by atoms with Crippen molar-refractivity contribution >= 4 is 55.8 Å². The van der Waals surface area contributed by atoms with E-state index in [0.29, 0.717) is 41.6 Å². The number of nitrogens with zero attached hydrogens (tertiary/aromatic N) is 2. The maximum atomic E-state index is 12.6. The van der Waals surface area contributed by atoms with Crippen LogP contribution in [0.5, 0.6) is 0 Å². The van der Waals surface area contributed by atoms with Gasteiger partial charge in [-0.3, -0.25) is 9.59 Å². The summed E-state index contributed by atoms with van der Waals surface area (Å²) in [5.74, 6) is -0.228. The average molecular weight is 429 g/mol. The van der Waals surface area contributed by atoms with E-state index in [-0.39, 0.29) is 17.7 Å². The third-order valence-electron chi connectivity index (χ3n) is 3.97. The molecule has 1 fully saturated rings. The topological polar surface area (TPSA) is 62.3 Å². The van der Waals surface area contributed by atoms with Gasteiger partial charge in [0.25, 0.3) is 5.91 Å². The first-order valence-corrected chi connectivity index (χ1v) is 9.54. The SMILES string of the molecule is O=C(Nc1nccs1)C1CCN(C(=O)c2cc(Br)ccc2Cl)CC1. The highest BCUT2D eigenvalue weighted by Gasteiger charge is 2.29. The van der Waals surface area contributed by atoms with Crippen molar-refractivity contribution in [2.24, 2.45) is 5.92 Å². The van der Waals surface area contributed by atoms with Gasteiger partial charge in [0.05, 0.1) is 10.6 Å². The molecule has 24 heavy (non-hydrogen) atoms. The average Bonchev–Trinajstić information content (AvgIpc) is 3.09. The fraction of sp³-hybridized carbons (Fsp3) is 0.312. The standard InChI is InChI=1S/C16H15BrClN3O2S/c17-11-1-2-13(18)12(9-11)15(23)21-6-3-10(4-7-21)14(22)20-16-19-5-8-24-16/h1-2,5,8-10H,3-4,6-7H2,(H,19,20,22). The van der Waals surface area contributed by atoms with Crippen molar-refractivity contribution in [2.45, 2.75) is 12.8 Å². The number of anilines is 1. The lowest BCUT2D eigenvalue weighted by atomic mass is 9.95. The van der Waals surface area contributed by atoms with E-state index in [2.05, 4.69) is 26.2 Å². The molecular weight excluding hydrogens is 414 g/mol. The van der Waals surface area contributed by atoms with Gasteiger partial charge in [-0.1, -0.05) is 27.5 Å². The van der Waals surface area contributed by atoms with Crippen LogP contribution in [0.2, 0.25) is 5.02 Å². The molecule has 0 unspecified atom stereocenters. The molecule has 1 aromatic heterocycles. The number of carbonyl (C=O) groups excluding carboxylic acids is 2. The zero-order chi connectivity index (χ0) is 17.1. The van der Waals surface area contributed by atoms with Crippen molar-refractivity contribution in [1.29, 1.82) is 0 Å². The van der Waals surface area contributed by atoms with Gasteiger partial charge in [-0.15, -0.1) is 11.3 Å². The zero-order valence-corrected chi connectivity index (χ0v) is 15.8. The second-order valence-electron chi connectivity index (χ2n) is 5.52. The van der Waals surface area contributed by atoms with Crippen molar-refractivity contribution in [3.63, 3.8) is 0 Å². The number of nitrogens with one attached hydrogen (secondary N) is 1. The Labute approximate surface area is 157 Å². The molecule has 0 bridgehead atoms. The first-order chi connectivity index (χ1) is 11.5. The Morgan fingerprint density at radius 1 is 1.33 bits per heavy atom. The van der Waals surface area contributed by atoms with Crippen molar-refractivity contribution in [2.75, 3.05) is 18.4 Å². The Morgan fingerprint density at radius 3 is 2.75 bits per heavy atom. The van der Waals surface area contributed by atoms with E-state index in [4.69, 9.17) is 11.6 Å². The number of thiazole rings is 1. The van der Waals surface area contributed by atoms with E-state index in [9.17, 15) is 9.59 Å². The number of hydrogen-bond donors (Lipinski definition) is 1. The zero-order valence-electron chi connectivity index (χ0n) is 12.7. The van der Waals surface area contributed by atoms with Gasteiger partial charge in [-0.25, -0.2) is 4.98 Å². The van der Waals surface area contributed by atoms with Gasteiger partial charge >= 0.3 is 0 Å². The van der Waals surface area contributed by atoms with Gasteiger partial charge in [0.1, 0.15) is 0 Å². The smallest absolute Gasteiger partial charge is 0.255 e. The van der Waals surface area contributed by atoms with Crippen molar-refractivity contribution < 1.29 is 9.59 Å². The van der Waals surface area contributed by atoms with Crippen LogP contribution in [0.4, 0.5) is 5.13 Å². The van der Waals surface area contributed by atoms with E-state index in [1.807, 2.05) is 5.38 Å². The molecule has 2 aromatic rings.